The third-order valence-electron chi connectivity index (χ3n) is 3.11. The molecule has 2 fully saturated rings. The third-order valence-corrected chi connectivity index (χ3v) is 3.11. The molecule has 98 valence electrons. The van der Waals surface area contributed by atoms with E-state index >= 15 is 0 Å². The van der Waals surface area contributed by atoms with Crippen molar-refractivity contribution < 1.29 is 18.9 Å². The molecule has 0 bridgehead atoms. The Morgan fingerprint density at radius 1 is 1.06 bits per heavy atom. The largest absolute Gasteiger partial charge is 0.376 e. The van der Waals surface area contributed by atoms with Gasteiger partial charge in [-0.25, -0.2) is 0 Å². The van der Waals surface area contributed by atoms with Crippen LogP contribution in [0.15, 0.2) is 30.3 Å². The molecule has 4 heteroatoms. The SMILES string of the molecule is c1ccc(C2OCCC(COCC3CO3)O2)cc1. The van der Waals surface area contributed by atoms with Gasteiger partial charge in [-0.05, 0) is 6.42 Å². The van der Waals surface area contributed by atoms with Crippen molar-refractivity contribution in [2.75, 3.05) is 26.4 Å². The molecule has 2 aliphatic heterocycles. The first-order valence-electron chi connectivity index (χ1n) is 6.43. The maximum atomic E-state index is 5.89. The van der Waals surface area contributed by atoms with E-state index in [2.05, 4.69) is 0 Å². The molecule has 2 heterocycles. The maximum Gasteiger partial charge on any atom is 0.184 e. The summed E-state index contributed by atoms with van der Waals surface area (Å²) < 4.78 is 22.2. The van der Waals surface area contributed by atoms with Crippen LogP contribution in [0.3, 0.4) is 0 Å². The Kier molecular flexibility index (Phi) is 3.90. The molecule has 1 aromatic rings. The molecule has 0 radical (unpaired) electrons. The van der Waals surface area contributed by atoms with Crippen LogP contribution in [0.1, 0.15) is 18.3 Å². The molecule has 18 heavy (non-hydrogen) atoms. The summed E-state index contributed by atoms with van der Waals surface area (Å²) in [4.78, 5) is 0. The van der Waals surface area contributed by atoms with Crippen LogP contribution in [0.4, 0.5) is 0 Å². The van der Waals surface area contributed by atoms with Crippen molar-refractivity contribution in [3.05, 3.63) is 35.9 Å². The van der Waals surface area contributed by atoms with Gasteiger partial charge in [0.2, 0.25) is 0 Å². The highest BCUT2D eigenvalue weighted by Crippen LogP contribution is 2.26. The normalized spacial score (nSPS) is 31.2. The molecule has 0 saturated carbocycles. The van der Waals surface area contributed by atoms with Crippen LogP contribution in [0.2, 0.25) is 0 Å². The highest BCUT2D eigenvalue weighted by atomic mass is 16.7. The second-order valence-corrected chi connectivity index (χ2v) is 4.65. The Morgan fingerprint density at radius 3 is 2.61 bits per heavy atom. The van der Waals surface area contributed by atoms with Gasteiger partial charge in [-0.15, -0.1) is 0 Å². The number of hydrogen-bond acceptors (Lipinski definition) is 4. The van der Waals surface area contributed by atoms with Gasteiger partial charge in [0.15, 0.2) is 6.29 Å². The van der Waals surface area contributed by atoms with E-state index in [1.807, 2.05) is 30.3 Å². The molecule has 0 N–H and O–H groups in total. The van der Waals surface area contributed by atoms with Crippen molar-refractivity contribution in [1.82, 2.24) is 0 Å². The lowest BCUT2D eigenvalue weighted by Crippen LogP contribution is -2.31. The predicted molar refractivity (Wildman–Crippen MR) is 65.2 cm³/mol. The van der Waals surface area contributed by atoms with Crippen molar-refractivity contribution in [3.8, 4) is 0 Å². The van der Waals surface area contributed by atoms with E-state index in [4.69, 9.17) is 18.9 Å². The van der Waals surface area contributed by atoms with E-state index in [9.17, 15) is 0 Å². The number of hydrogen-bond donors (Lipinski definition) is 0. The highest BCUT2D eigenvalue weighted by Gasteiger charge is 2.26. The standard InChI is InChI=1S/C14H18O4/c1-2-4-11(5-3-1)14-16-7-6-12(18-14)8-15-9-13-10-17-13/h1-5,12-14H,6-10H2. The second kappa shape index (κ2) is 5.80. The number of rotatable bonds is 5. The van der Waals surface area contributed by atoms with Gasteiger partial charge in [-0.1, -0.05) is 30.3 Å². The Balaban J connectivity index is 1.48. The van der Waals surface area contributed by atoms with Crippen LogP contribution in [-0.2, 0) is 18.9 Å². The van der Waals surface area contributed by atoms with Crippen LogP contribution in [0.25, 0.3) is 0 Å². The van der Waals surface area contributed by atoms with Crippen molar-refractivity contribution in [2.24, 2.45) is 0 Å². The third kappa shape index (κ3) is 3.29. The van der Waals surface area contributed by atoms with Crippen LogP contribution in [-0.4, -0.2) is 38.6 Å². The average Bonchev–Trinajstić information content (AvgIpc) is 3.24. The fraction of sp³-hybridized carbons (Fsp3) is 0.571. The maximum absolute atomic E-state index is 5.89. The van der Waals surface area contributed by atoms with Gasteiger partial charge in [0, 0.05) is 5.56 Å². The first-order chi connectivity index (χ1) is 8.92. The molecule has 0 aliphatic carbocycles. The lowest BCUT2D eigenvalue weighted by Gasteiger charge is -2.30. The monoisotopic (exact) mass is 250 g/mol. The van der Waals surface area contributed by atoms with Gasteiger partial charge in [0.1, 0.15) is 6.10 Å². The minimum Gasteiger partial charge on any atom is -0.376 e. The Labute approximate surface area is 107 Å². The summed E-state index contributed by atoms with van der Waals surface area (Å²) in [7, 11) is 0. The van der Waals surface area contributed by atoms with E-state index in [1.165, 1.54) is 0 Å². The lowest BCUT2D eigenvalue weighted by atomic mass is 10.2. The zero-order valence-electron chi connectivity index (χ0n) is 10.3. The van der Waals surface area contributed by atoms with E-state index in [0.29, 0.717) is 25.9 Å². The topological polar surface area (TPSA) is 40.2 Å². The number of epoxide rings is 1. The summed E-state index contributed by atoms with van der Waals surface area (Å²) in [6.45, 7) is 2.85. The van der Waals surface area contributed by atoms with E-state index in [1.54, 1.807) is 0 Å². The van der Waals surface area contributed by atoms with Gasteiger partial charge in [-0.3, -0.25) is 0 Å². The number of benzene rings is 1. The summed E-state index contributed by atoms with van der Waals surface area (Å²) >= 11 is 0. The average molecular weight is 250 g/mol. The summed E-state index contributed by atoms with van der Waals surface area (Å²) in [5, 5.41) is 0. The molecule has 3 atom stereocenters. The van der Waals surface area contributed by atoms with Crippen molar-refractivity contribution in [2.45, 2.75) is 24.9 Å². The highest BCUT2D eigenvalue weighted by molar-refractivity contribution is 5.16. The lowest BCUT2D eigenvalue weighted by molar-refractivity contribution is -0.227. The van der Waals surface area contributed by atoms with E-state index in [-0.39, 0.29) is 12.4 Å². The fourth-order valence-corrected chi connectivity index (χ4v) is 1.99. The van der Waals surface area contributed by atoms with Gasteiger partial charge in [0.25, 0.3) is 0 Å². The van der Waals surface area contributed by atoms with Crippen molar-refractivity contribution in [1.29, 1.82) is 0 Å². The molecule has 0 spiro atoms. The molecule has 1 aromatic carbocycles. The van der Waals surface area contributed by atoms with Gasteiger partial charge in [-0.2, -0.15) is 0 Å². The minimum absolute atomic E-state index is 0.114. The minimum atomic E-state index is -0.259. The molecule has 2 saturated heterocycles. The van der Waals surface area contributed by atoms with Crippen molar-refractivity contribution >= 4 is 0 Å². The zero-order valence-corrected chi connectivity index (χ0v) is 10.3. The Bertz CT molecular complexity index is 363. The first kappa shape index (κ1) is 12.1. The molecule has 2 aliphatic rings. The van der Waals surface area contributed by atoms with Gasteiger partial charge >= 0.3 is 0 Å². The predicted octanol–water partition coefficient (Wildman–Crippen LogP) is 1.91. The second-order valence-electron chi connectivity index (χ2n) is 4.65. The van der Waals surface area contributed by atoms with E-state index in [0.717, 1.165) is 18.6 Å². The molecule has 0 amide bonds. The van der Waals surface area contributed by atoms with Crippen LogP contribution < -0.4 is 0 Å². The molecular formula is C14H18O4. The van der Waals surface area contributed by atoms with Crippen LogP contribution >= 0.6 is 0 Å². The Hall–Kier alpha value is -0.940. The number of ether oxygens (including phenoxy) is 4. The zero-order chi connectivity index (χ0) is 12.2. The molecule has 3 rings (SSSR count). The molecule has 3 unspecified atom stereocenters. The first-order valence-corrected chi connectivity index (χ1v) is 6.43. The Morgan fingerprint density at radius 2 is 1.83 bits per heavy atom. The smallest absolute Gasteiger partial charge is 0.184 e. The summed E-state index contributed by atoms with van der Waals surface area (Å²) in [5.74, 6) is 0. The fourth-order valence-electron chi connectivity index (χ4n) is 1.99. The van der Waals surface area contributed by atoms with Gasteiger partial charge in [0.05, 0.1) is 32.5 Å². The van der Waals surface area contributed by atoms with Crippen molar-refractivity contribution in [3.63, 3.8) is 0 Å². The van der Waals surface area contributed by atoms with Crippen LogP contribution in [0, 0.1) is 0 Å². The van der Waals surface area contributed by atoms with Crippen LogP contribution in [0.5, 0.6) is 0 Å². The summed E-state index contributed by atoms with van der Waals surface area (Å²) in [6, 6.07) is 10.0. The molecular weight excluding hydrogens is 232 g/mol. The van der Waals surface area contributed by atoms with Gasteiger partial charge < -0.3 is 18.9 Å². The summed E-state index contributed by atoms with van der Waals surface area (Å²) in [5.41, 5.74) is 1.06. The quantitative estimate of drug-likeness (QED) is 0.748. The molecule has 0 aromatic heterocycles. The molecule has 4 nitrogen and oxygen atoms in total. The van der Waals surface area contributed by atoms with E-state index < -0.39 is 0 Å². The summed E-state index contributed by atoms with van der Waals surface area (Å²) in [6.07, 6.45) is 1.05.